The number of hydrogen-bond donors (Lipinski definition) is 2. The van der Waals surface area contributed by atoms with Gasteiger partial charge in [0, 0.05) is 23.9 Å². The standard InChI is InChI=1S/C15H20N2O2/c1-11(7-8-18)16-15(19)10-17-12(2)9-13-5-3-4-6-14(13)17/h3-6,9,11,18H,7-8,10H2,1-2H3,(H,16,19). The molecule has 0 aliphatic rings. The van der Waals surface area contributed by atoms with Crippen LogP contribution >= 0.6 is 0 Å². The monoisotopic (exact) mass is 260 g/mol. The van der Waals surface area contributed by atoms with Gasteiger partial charge in [0.05, 0.1) is 0 Å². The van der Waals surface area contributed by atoms with E-state index in [0.29, 0.717) is 13.0 Å². The number of aliphatic hydroxyl groups is 1. The highest BCUT2D eigenvalue weighted by Crippen LogP contribution is 2.18. The van der Waals surface area contributed by atoms with Crippen LogP contribution in [0.2, 0.25) is 0 Å². The van der Waals surface area contributed by atoms with E-state index in [2.05, 4.69) is 11.4 Å². The third-order valence-electron chi connectivity index (χ3n) is 3.29. The first-order chi connectivity index (χ1) is 9.11. The van der Waals surface area contributed by atoms with Gasteiger partial charge in [0.25, 0.3) is 0 Å². The Balaban J connectivity index is 2.13. The van der Waals surface area contributed by atoms with Gasteiger partial charge in [-0.1, -0.05) is 18.2 Å². The molecule has 4 nitrogen and oxygen atoms in total. The molecule has 1 atom stereocenters. The summed E-state index contributed by atoms with van der Waals surface area (Å²) in [4.78, 5) is 12.0. The number of rotatable bonds is 5. The lowest BCUT2D eigenvalue weighted by atomic mass is 10.2. The summed E-state index contributed by atoms with van der Waals surface area (Å²) in [6.07, 6.45) is 0.581. The first kappa shape index (κ1) is 13.6. The fraction of sp³-hybridized carbons (Fsp3) is 0.400. The molecule has 0 fully saturated rings. The zero-order valence-electron chi connectivity index (χ0n) is 11.4. The van der Waals surface area contributed by atoms with Crippen LogP contribution in [0, 0.1) is 6.92 Å². The summed E-state index contributed by atoms with van der Waals surface area (Å²) in [5.41, 5.74) is 2.15. The molecule has 1 aromatic carbocycles. The molecule has 2 aromatic rings. The molecule has 0 saturated carbocycles. The molecule has 0 aliphatic heterocycles. The van der Waals surface area contributed by atoms with Gasteiger partial charge < -0.3 is 15.0 Å². The van der Waals surface area contributed by atoms with E-state index in [1.165, 1.54) is 0 Å². The van der Waals surface area contributed by atoms with Crippen molar-refractivity contribution in [2.45, 2.75) is 32.9 Å². The van der Waals surface area contributed by atoms with Crippen LogP contribution in [0.15, 0.2) is 30.3 Å². The highest BCUT2D eigenvalue weighted by atomic mass is 16.3. The lowest BCUT2D eigenvalue weighted by molar-refractivity contribution is -0.122. The maximum atomic E-state index is 12.0. The largest absolute Gasteiger partial charge is 0.396 e. The van der Waals surface area contributed by atoms with Gasteiger partial charge in [-0.05, 0) is 37.8 Å². The fourth-order valence-electron chi connectivity index (χ4n) is 2.29. The van der Waals surface area contributed by atoms with Gasteiger partial charge in [-0.25, -0.2) is 0 Å². The van der Waals surface area contributed by atoms with Crippen LogP contribution in [0.5, 0.6) is 0 Å². The molecule has 4 heteroatoms. The number of benzene rings is 1. The Morgan fingerprint density at radius 1 is 1.42 bits per heavy atom. The van der Waals surface area contributed by atoms with E-state index < -0.39 is 0 Å². The molecule has 0 spiro atoms. The number of carbonyl (C=O) groups excluding carboxylic acids is 1. The maximum absolute atomic E-state index is 12.0. The molecule has 102 valence electrons. The third-order valence-corrected chi connectivity index (χ3v) is 3.29. The Bertz CT molecular complexity index is 575. The predicted molar refractivity (Wildman–Crippen MR) is 76.0 cm³/mol. The van der Waals surface area contributed by atoms with Crippen LogP contribution in [-0.2, 0) is 11.3 Å². The molecular weight excluding hydrogens is 240 g/mol. The van der Waals surface area contributed by atoms with Crippen molar-refractivity contribution in [3.8, 4) is 0 Å². The van der Waals surface area contributed by atoms with Crippen LogP contribution < -0.4 is 5.32 Å². The second-order valence-electron chi connectivity index (χ2n) is 4.91. The SMILES string of the molecule is Cc1cc2ccccc2n1CC(=O)NC(C)CCO. The van der Waals surface area contributed by atoms with Crippen LogP contribution in [0.1, 0.15) is 19.0 Å². The lowest BCUT2D eigenvalue weighted by Gasteiger charge is -2.14. The van der Waals surface area contributed by atoms with Crippen molar-refractivity contribution >= 4 is 16.8 Å². The van der Waals surface area contributed by atoms with Crippen LogP contribution in [0.4, 0.5) is 0 Å². The van der Waals surface area contributed by atoms with Gasteiger partial charge in [0.2, 0.25) is 5.91 Å². The van der Waals surface area contributed by atoms with Crippen molar-refractivity contribution in [3.63, 3.8) is 0 Å². The quantitative estimate of drug-likeness (QED) is 0.862. The number of carbonyl (C=O) groups is 1. The first-order valence-electron chi connectivity index (χ1n) is 6.57. The van der Waals surface area contributed by atoms with Crippen LogP contribution in [-0.4, -0.2) is 28.2 Å². The Hall–Kier alpha value is -1.81. The second kappa shape index (κ2) is 5.89. The molecule has 2 rings (SSSR count). The lowest BCUT2D eigenvalue weighted by Crippen LogP contribution is -2.35. The van der Waals surface area contributed by atoms with E-state index in [0.717, 1.165) is 16.6 Å². The Labute approximate surface area is 113 Å². The summed E-state index contributed by atoms with van der Waals surface area (Å²) in [5.74, 6) is -0.0228. The molecular formula is C15H20N2O2. The molecule has 1 heterocycles. The molecule has 1 aromatic heterocycles. The van der Waals surface area contributed by atoms with Gasteiger partial charge in [-0.15, -0.1) is 0 Å². The average molecular weight is 260 g/mol. The predicted octanol–water partition coefficient (Wildman–Crippen LogP) is 1.84. The van der Waals surface area contributed by atoms with Crippen molar-refractivity contribution in [3.05, 3.63) is 36.0 Å². The molecule has 0 radical (unpaired) electrons. The third kappa shape index (κ3) is 3.15. The molecule has 0 bridgehead atoms. The number of amides is 1. The number of hydrogen-bond acceptors (Lipinski definition) is 2. The first-order valence-corrected chi connectivity index (χ1v) is 6.57. The number of aryl methyl sites for hydroxylation is 1. The van der Waals surface area contributed by atoms with Gasteiger partial charge >= 0.3 is 0 Å². The minimum Gasteiger partial charge on any atom is -0.396 e. The van der Waals surface area contributed by atoms with Crippen molar-refractivity contribution < 1.29 is 9.90 Å². The maximum Gasteiger partial charge on any atom is 0.240 e. The summed E-state index contributed by atoms with van der Waals surface area (Å²) in [6.45, 7) is 4.31. The molecule has 19 heavy (non-hydrogen) atoms. The van der Waals surface area contributed by atoms with Crippen LogP contribution in [0.25, 0.3) is 10.9 Å². The Kier molecular flexibility index (Phi) is 4.22. The normalized spacial score (nSPS) is 12.6. The summed E-state index contributed by atoms with van der Waals surface area (Å²) >= 11 is 0. The number of nitrogens with zero attached hydrogens (tertiary/aromatic N) is 1. The zero-order chi connectivity index (χ0) is 13.8. The van der Waals surface area contributed by atoms with Crippen LogP contribution in [0.3, 0.4) is 0 Å². The molecule has 0 aliphatic carbocycles. The van der Waals surface area contributed by atoms with Gasteiger partial charge in [-0.2, -0.15) is 0 Å². The van der Waals surface area contributed by atoms with Crippen molar-refractivity contribution in [2.75, 3.05) is 6.61 Å². The van der Waals surface area contributed by atoms with E-state index in [4.69, 9.17) is 5.11 Å². The molecule has 1 amide bonds. The van der Waals surface area contributed by atoms with E-state index >= 15 is 0 Å². The average Bonchev–Trinajstić information content (AvgIpc) is 2.66. The number of para-hydroxylation sites is 1. The number of nitrogens with one attached hydrogen (secondary N) is 1. The smallest absolute Gasteiger partial charge is 0.240 e. The number of aliphatic hydroxyl groups excluding tert-OH is 1. The van der Waals surface area contributed by atoms with Gasteiger partial charge in [-0.3, -0.25) is 4.79 Å². The van der Waals surface area contributed by atoms with Crippen molar-refractivity contribution in [1.29, 1.82) is 0 Å². The summed E-state index contributed by atoms with van der Waals surface area (Å²) in [5, 5.41) is 12.9. The minimum atomic E-state index is -0.0228. The summed E-state index contributed by atoms with van der Waals surface area (Å²) < 4.78 is 2.01. The fourth-order valence-corrected chi connectivity index (χ4v) is 2.29. The van der Waals surface area contributed by atoms with E-state index in [1.54, 1.807) is 0 Å². The Morgan fingerprint density at radius 2 is 2.16 bits per heavy atom. The van der Waals surface area contributed by atoms with Crippen molar-refractivity contribution in [1.82, 2.24) is 9.88 Å². The van der Waals surface area contributed by atoms with Gasteiger partial charge in [0.15, 0.2) is 0 Å². The Morgan fingerprint density at radius 3 is 2.89 bits per heavy atom. The van der Waals surface area contributed by atoms with E-state index in [-0.39, 0.29) is 18.6 Å². The van der Waals surface area contributed by atoms with E-state index in [1.807, 2.05) is 42.7 Å². The second-order valence-corrected chi connectivity index (χ2v) is 4.91. The summed E-state index contributed by atoms with van der Waals surface area (Å²) in [6, 6.07) is 10.1. The minimum absolute atomic E-state index is 0.000340. The molecule has 0 saturated heterocycles. The molecule has 1 unspecified atom stereocenters. The van der Waals surface area contributed by atoms with Crippen molar-refractivity contribution in [2.24, 2.45) is 0 Å². The van der Waals surface area contributed by atoms with Gasteiger partial charge in [0.1, 0.15) is 6.54 Å². The number of fused-ring (bicyclic) bond motifs is 1. The summed E-state index contributed by atoms with van der Waals surface area (Å²) in [7, 11) is 0. The highest BCUT2D eigenvalue weighted by Gasteiger charge is 2.11. The highest BCUT2D eigenvalue weighted by molar-refractivity contribution is 5.84. The number of aromatic nitrogens is 1. The van der Waals surface area contributed by atoms with E-state index in [9.17, 15) is 4.79 Å². The topological polar surface area (TPSA) is 54.3 Å². The zero-order valence-corrected chi connectivity index (χ0v) is 11.4. The molecule has 2 N–H and O–H groups in total.